The van der Waals surface area contributed by atoms with Crippen molar-refractivity contribution in [2.45, 2.75) is 36.6 Å². The number of aliphatic hydroxyl groups excluding tert-OH is 2. The summed E-state index contributed by atoms with van der Waals surface area (Å²) in [7, 11) is 0. The molecule has 7 unspecified atom stereocenters. The number of carbonyl (C=O) groups is 4. The highest BCUT2D eigenvalue weighted by Gasteiger charge is 2.64. The molecule has 0 aliphatic carbocycles. The monoisotopic (exact) mass is 384 g/mol. The van der Waals surface area contributed by atoms with E-state index < -0.39 is 60.1 Å². The summed E-state index contributed by atoms with van der Waals surface area (Å²) >= 11 is 0. The van der Waals surface area contributed by atoms with Gasteiger partial charge in [-0.1, -0.05) is 12.2 Å². The number of fused-ring (bicyclic) bond motifs is 7. The lowest BCUT2D eigenvalue weighted by Crippen LogP contribution is -2.51. The molecule has 0 amide bonds. The fourth-order valence-electron chi connectivity index (χ4n) is 4.43. The molecule has 0 saturated carbocycles. The van der Waals surface area contributed by atoms with Crippen molar-refractivity contribution in [3.63, 3.8) is 0 Å². The van der Waals surface area contributed by atoms with Gasteiger partial charge in [0.1, 0.15) is 48.1 Å². The van der Waals surface area contributed by atoms with E-state index in [1.165, 1.54) is 0 Å². The van der Waals surface area contributed by atoms with Gasteiger partial charge >= 0.3 is 23.9 Å². The molecule has 4 N–H and O–H groups in total. The van der Waals surface area contributed by atoms with Crippen LogP contribution >= 0.6 is 0 Å². The summed E-state index contributed by atoms with van der Waals surface area (Å²) in [5, 5.41) is 36.4. The summed E-state index contributed by atoms with van der Waals surface area (Å²) in [6.45, 7) is 0. The minimum Gasteiger partial charge on any atom is -0.481 e. The number of ether oxygens (including phenoxy) is 3. The molecule has 4 fully saturated rings. The standard InChI is InChI=1S/C8H10O7.C8H6O4/c9-3-4(10)6-2(8(13)14)1(7(11)12)5(3)15-6;9-7-5-3-1-2-4(11-3)6(5)8(10)12-7/h1-6,9-10H,(H,11,12)(H,13,14);1-6H/t1?,2?,3-,4?,5-,6?;3-,4?,5?,6?/m01/s1. The van der Waals surface area contributed by atoms with Crippen molar-refractivity contribution in [3.05, 3.63) is 12.2 Å². The van der Waals surface area contributed by atoms with Gasteiger partial charge in [0.15, 0.2) is 0 Å². The van der Waals surface area contributed by atoms with Gasteiger partial charge in [0, 0.05) is 0 Å². The van der Waals surface area contributed by atoms with Crippen molar-refractivity contribution in [2.24, 2.45) is 23.7 Å². The number of cyclic esters (lactones) is 2. The molecule has 0 spiro atoms. The molecular weight excluding hydrogens is 368 g/mol. The lowest BCUT2D eigenvalue weighted by atomic mass is 9.76. The first-order valence-corrected chi connectivity index (χ1v) is 8.29. The second kappa shape index (κ2) is 6.09. The van der Waals surface area contributed by atoms with Gasteiger partial charge in [-0.15, -0.1) is 0 Å². The van der Waals surface area contributed by atoms with Crippen molar-refractivity contribution >= 4 is 23.9 Å². The molecule has 4 bridgehead atoms. The molecule has 5 aliphatic rings. The van der Waals surface area contributed by atoms with E-state index in [0.29, 0.717) is 0 Å². The molecule has 5 aliphatic heterocycles. The van der Waals surface area contributed by atoms with Gasteiger partial charge < -0.3 is 34.6 Å². The third-order valence-corrected chi connectivity index (χ3v) is 5.65. The summed E-state index contributed by atoms with van der Waals surface area (Å²) in [5.74, 6) is -6.86. The van der Waals surface area contributed by atoms with E-state index in [1.807, 2.05) is 12.2 Å². The van der Waals surface area contributed by atoms with Crippen LogP contribution in [0.2, 0.25) is 0 Å². The van der Waals surface area contributed by atoms with Gasteiger partial charge in [-0.3, -0.25) is 19.2 Å². The Labute approximate surface area is 151 Å². The average Bonchev–Trinajstić information content (AvgIpc) is 3.37. The Balaban J connectivity index is 0.000000136. The number of hydrogen-bond donors (Lipinski definition) is 4. The Morgan fingerprint density at radius 3 is 1.56 bits per heavy atom. The quantitative estimate of drug-likeness (QED) is 0.225. The van der Waals surface area contributed by atoms with Gasteiger partial charge in [-0.25, -0.2) is 0 Å². The topological polar surface area (TPSA) is 177 Å². The Hall–Kier alpha value is -2.34. The number of carbonyl (C=O) groups excluding carboxylic acids is 2. The van der Waals surface area contributed by atoms with Crippen molar-refractivity contribution < 1.29 is 53.8 Å². The van der Waals surface area contributed by atoms with Crippen LogP contribution in [0.1, 0.15) is 0 Å². The van der Waals surface area contributed by atoms with Crippen molar-refractivity contribution in [1.82, 2.24) is 0 Å². The third kappa shape index (κ3) is 2.50. The second-order valence-corrected chi connectivity index (χ2v) is 7.02. The fourth-order valence-corrected chi connectivity index (χ4v) is 4.43. The van der Waals surface area contributed by atoms with Gasteiger partial charge in [-0.2, -0.15) is 0 Å². The Morgan fingerprint density at radius 2 is 1.19 bits per heavy atom. The lowest BCUT2D eigenvalue weighted by molar-refractivity contribution is -0.158. The maximum Gasteiger partial charge on any atom is 0.320 e. The van der Waals surface area contributed by atoms with Crippen LogP contribution in [0, 0.1) is 23.7 Å². The average molecular weight is 384 g/mol. The predicted octanol–water partition coefficient (Wildman–Crippen LogP) is -2.47. The second-order valence-electron chi connectivity index (χ2n) is 7.02. The van der Waals surface area contributed by atoms with E-state index in [4.69, 9.17) is 19.7 Å². The van der Waals surface area contributed by atoms with Crippen molar-refractivity contribution in [1.29, 1.82) is 0 Å². The smallest absolute Gasteiger partial charge is 0.320 e. The maximum absolute atomic E-state index is 11.1. The number of aliphatic carboxylic acids is 2. The third-order valence-electron chi connectivity index (χ3n) is 5.65. The molecular formula is C16H16O11. The zero-order chi connectivity index (χ0) is 19.6. The molecule has 5 heterocycles. The Kier molecular flexibility index (Phi) is 4.07. The molecule has 0 radical (unpaired) electrons. The Morgan fingerprint density at radius 1 is 0.778 bits per heavy atom. The zero-order valence-electron chi connectivity index (χ0n) is 13.6. The van der Waals surface area contributed by atoms with Crippen LogP contribution < -0.4 is 0 Å². The number of hydrogen-bond acceptors (Lipinski definition) is 9. The minimum absolute atomic E-state index is 0.223. The number of aliphatic hydroxyl groups is 2. The molecule has 4 saturated heterocycles. The molecule has 11 nitrogen and oxygen atoms in total. The molecule has 11 heteroatoms. The normalized spacial score (nSPS) is 48.2. The molecule has 146 valence electrons. The SMILES string of the molecule is O=C(O)C1C2O[C@@H](C1C(=O)O)[C@@H](O)C2O.O=C1OC(=O)C2C1C1C=C[C@H]2O1. The largest absolute Gasteiger partial charge is 0.481 e. The molecule has 0 aromatic heterocycles. The summed E-state index contributed by atoms with van der Waals surface area (Å²) in [4.78, 5) is 43.8. The van der Waals surface area contributed by atoms with Crippen LogP contribution in [-0.2, 0) is 33.4 Å². The van der Waals surface area contributed by atoms with Crippen LogP contribution in [0.25, 0.3) is 0 Å². The highest BCUT2D eigenvalue weighted by Crippen LogP contribution is 2.44. The molecule has 0 aromatic rings. The van der Waals surface area contributed by atoms with Crippen LogP contribution in [0.4, 0.5) is 0 Å². The van der Waals surface area contributed by atoms with Crippen LogP contribution in [0.5, 0.6) is 0 Å². The van der Waals surface area contributed by atoms with Gasteiger partial charge in [0.05, 0.1) is 12.2 Å². The van der Waals surface area contributed by atoms with Crippen LogP contribution in [0.3, 0.4) is 0 Å². The predicted molar refractivity (Wildman–Crippen MR) is 78.8 cm³/mol. The summed E-state index contributed by atoms with van der Waals surface area (Å²) in [6.07, 6.45) is -1.72. The van der Waals surface area contributed by atoms with Crippen molar-refractivity contribution in [3.8, 4) is 0 Å². The molecule has 0 aromatic carbocycles. The van der Waals surface area contributed by atoms with E-state index in [2.05, 4.69) is 4.74 Å². The summed E-state index contributed by atoms with van der Waals surface area (Å²) < 4.78 is 14.8. The van der Waals surface area contributed by atoms with Crippen LogP contribution in [0.15, 0.2) is 12.2 Å². The number of carboxylic acid groups (broad SMARTS) is 2. The molecule has 27 heavy (non-hydrogen) atoms. The molecule has 10 atom stereocenters. The van der Waals surface area contributed by atoms with E-state index in [1.54, 1.807) is 0 Å². The highest BCUT2D eigenvalue weighted by molar-refractivity contribution is 5.98. The van der Waals surface area contributed by atoms with Crippen molar-refractivity contribution in [2.75, 3.05) is 0 Å². The first kappa shape index (κ1) is 18.0. The molecule has 5 rings (SSSR count). The first-order chi connectivity index (χ1) is 12.7. The first-order valence-electron chi connectivity index (χ1n) is 8.29. The van der Waals surface area contributed by atoms with Gasteiger partial charge in [-0.05, 0) is 0 Å². The van der Waals surface area contributed by atoms with Gasteiger partial charge in [0.2, 0.25) is 0 Å². The van der Waals surface area contributed by atoms with E-state index in [9.17, 15) is 29.4 Å². The van der Waals surface area contributed by atoms with Crippen LogP contribution in [-0.4, -0.2) is 80.9 Å². The number of esters is 2. The highest BCUT2D eigenvalue weighted by atomic mass is 16.6. The van der Waals surface area contributed by atoms with E-state index >= 15 is 0 Å². The summed E-state index contributed by atoms with van der Waals surface area (Å²) in [6, 6.07) is 0. The fraction of sp³-hybridized carbons (Fsp3) is 0.625. The summed E-state index contributed by atoms with van der Waals surface area (Å²) in [5.41, 5.74) is 0. The Bertz CT molecular complexity index is 687. The lowest BCUT2D eigenvalue weighted by Gasteiger charge is -2.28. The van der Waals surface area contributed by atoms with E-state index in [-0.39, 0.29) is 24.0 Å². The minimum atomic E-state index is -1.33. The number of carboxylic acids is 2. The maximum atomic E-state index is 11.1. The zero-order valence-corrected chi connectivity index (χ0v) is 13.6. The van der Waals surface area contributed by atoms with E-state index in [0.717, 1.165) is 0 Å². The van der Waals surface area contributed by atoms with Gasteiger partial charge in [0.25, 0.3) is 0 Å². The number of rotatable bonds is 2.